The highest BCUT2D eigenvalue weighted by molar-refractivity contribution is 7.75. The van der Waals surface area contributed by atoms with Gasteiger partial charge in [0, 0.05) is 40.5 Å². The van der Waals surface area contributed by atoms with Crippen molar-refractivity contribution in [1.82, 2.24) is 0 Å². The number of ether oxygens (including phenoxy) is 3. The smallest absolute Gasteiger partial charge is 0.0825 e. The van der Waals surface area contributed by atoms with E-state index in [9.17, 15) is 9.90 Å². The molecule has 0 aliphatic carbocycles. The molecule has 20 heavy (non-hydrogen) atoms. The van der Waals surface area contributed by atoms with Crippen molar-refractivity contribution in [2.45, 2.75) is 20.3 Å². The molecule has 0 aliphatic heterocycles. The van der Waals surface area contributed by atoms with Crippen molar-refractivity contribution in [3.63, 3.8) is 0 Å². The number of carboxylic acid groups (broad SMARTS) is 1. The number of carbonyl (C=O) groups is 1. The Morgan fingerprint density at radius 1 is 1.00 bits per heavy atom. The van der Waals surface area contributed by atoms with Crippen LogP contribution in [0.2, 0.25) is 0 Å². The minimum absolute atomic E-state index is 0.0519. The number of aliphatic carboxylic acids is 1. The predicted molar refractivity (Wildman–Crippen MR) is 83.0 cm³/mol. The molecular weight excluding hydrogens is 279 g/mol. The van der Waals surface area contributed by atoms with Crippen LogP contribution in [0.3, 0.4) is 0 Å². The topological polar surface area (TPSA) is 67.8 Å². The maximum atomic E-state index is 9.81. The molecule has 0 aromatic heterocycles. The van der Waals surface area contributed by atoms with E-state index in [0.29, 0.717) is 13.2 Å². The first-order chi connectivity index (χ1) is 9.45. The zero-order chi connectivity index (χ0) is 15.9. The number of carbonyl (C=O) groups excluding carboxylic acids is 1. The van der Waals surface area contributed by atoms with Gasteiger partial charge in [0.2, 0.25) is 0 Å². The van der Waals surface area contributed by atoms with E-state index in [1.54, 1.807) is 14.2 Å². The number of rotatable bonds is 11. The lowest BCUT2D eigenvalue weighted by Crippen LogP contribution is -2.23. The maximum absolute atomic E-state index is 9.81. The van der Waals surface area contributed by atoms with E-state index >= 15 is 0 Å². The lowest BCUT2D eigenvalue weighted by Gasteiger charge is -2.18. The number of methoxy groups -OCH3 is 2. The summed E-state index contributed by atoms with van der Waals surface area (Å²) in [6.45, 7) is 9.11. The fourth-order valence-electron chi connectivity index (χ4n) is 1.25. The molecule has 0 rings (SSSR count). The molecular formula is C14H31O5P. The molecule has 0 aromatic rings. The Bertz CT molecular complexity index is 220. The van der Waals surface area contributed by atoms with E-state index in [4.69, 9.17) is 9.47 Å². The van der Waals surface area contributed by atoms with Crippen molar-refractivity contribution in [2.24, 2.45) is 0 Å². The van der Waals surface area contributed by atoms with Gasteiger partial charge in [-0.2, -0.15) is 0 Å². The molecule has 0 unspecified atom stereocenters. The van der Waals surface area contributed by atoms with Gasteiger partial charge in [-0.15, -0.1) is 0 Å². The summed E-state index contributed by atoms with van der Waals surface area (Å²) in [5, 5.41) is 9.81. The third-order valence-corrected chi connectivity index (χ3v) is 7.56. The molecule has 0 amide bonds. The molecule has 0 aromatic carbocycles. The van der Waals surface area contributed by atoms with E-state index in [-0.39, 0.29) is 13.0 Å². The Balaban J connectivity index is 0. The fourth-order valence-corrected chi connectivity index (χ4v) is 2.95. The third-order valence-electron chi connectivity index (χ3n) is 3.24. The minimum atomic E-state index is -1.09. The summed E-state index contributed by atoms with van der Waals surface area (Å²) in [6.07, 6.45) is 3.99. The van der Waals surface area contributed by atoms with Crippen LogP contribution in [0.4, 0.5) is 0 Å². The van der Waals surface area contributed by atoms with E-state index in [0.717, 1.165) is 6.61 Å². The van der Waals surface area contributed by atoms with Gasteiger partial charge >= 0.3 is 0 Å². The second-order valence-electron chi connectivity index (χ2n) is 4.70. The van der Waals surface area contributed by atoms with Crippen LogP contribution in [-0.2, 0) is 19.0 Å². The molecule has 0 radical (unpaired) electrons. The van der Waals surface area contributed by atoms with Gasteiger partial charge in [-0.3, -0.25) is 0 Å². The van der Waals surface area contributed by atoms with Crippen molar-refractivity contribution < 1.29 is 24.1 Å². The molecule has 0 spiro atoms. The van der Waals surface area contributed by atoms with Crippen LogP contribution in [0, 0.1) is 0 Å². The van der Waals surface area contributed by atoms with Crippen LogP contribution in [0.1, 0.15) is 20.3 Å². The lowest BCUT2D eigenvalue weighted by atomic mass is 10.5. The number of hydrogen-bond donors (Lipinski definition) is 0. The Labute approximate surface area is 124 Å². The Hall–Kier alpha value is -0.220. The summed E-state index contributed by atoms with van der Waals surface area (Å²) in [5.74, 6) is -1.09. The Kier molecular flexibility index (Phi) is 16.7. The summed E-state index contributed by atoms with van der Waals surface area (Å²) in [6, 6.07) is 0. The normalized spacial score (nSPS) is 10.8. The summed E-state index contributed by atoms with van der Waals surface area (Å²) in [7, 11) is 2.77. The van der Waals surface area contributed by atoms with Gasteiger partial charge in [-0.05, 0) is 13.8 Å². The molecule has 0 fully saturated rings. The van der Waals surface area contributed by atoms with Crippen LogP contribution in [0.25, 0.3) is 0 Å². The molecule has 6 heteroatoms. The van der Waals surface area contributed by atoms with Crippen LogP contribution >= 0.6 is 7.26 Å². The van der Waals surface area contributed by atoms with E-state index in [1.807, 2.05) is 0 Å². The van der Waals surface area contributed by atoms with Gasteiger partial charge in [0.05, 0.1) is 44.9 Å². The van der Waals surface area contributed by atoms with Crippen LogP contribution in [0.15, 0.2) is 0 Å². The van der Waals surface area contributed by atoms with Crippen molar-refractivity contribution >= 4 is 13.2 Å². The van der Waals surface area contributed by atoms with Gasteiger partial charge in [-0.1, -0.05) is 0 Å². The first-order valence-corrected chi connectivity index (χ1v) is 9.83. The van der Waals surface area contributed by atoms with Gasteiger partial charge in [0.25, 0.3) is 0 Å². The molecule has 0 N–H and O–H groups in total. The standard InChI is InChI=1S/C8H20OP.C6H12O4/c1-5-10(4,6-2)8-7-9-3;1-9-4-5-10-3-2-6(7)8/h5-8H2,1-4H3;2-5H2,1H3,(H,7,8)/q+1;/p-1. The molecule has 0 aliphatic rings. The number of carboxylic acids is 1. The third kappa shape index (κ3) is 15.8. The molecule has 0 saturated carbocycles. The van der Waals surface area contributed by atoms with Gasteiger partial charge < -0.3 is 24.1 Å². The van der Waals surface area contributed by atoms with Crippen LogP contribution in [0.5, 0.6) is 0 Å². The highest BCUT2D eigenvalue weighted by Crippen LogP contribution is 2.53. The quantitative estimate of drug-likeness (QED) is 0.422. The van der Waals surface area contributed by atoms with Crippen LogP contribution in [-0.4, -0.2) is 71.8 Å². The van der Waals surface area contributed by atoms with Crippen LogP contribution < -0.4 is 5.11 Å². The average Bonchev–Trinajstić information content (AvgIpc) is 2.45. The Morgan fingerprint density at radius 3 is 1.95 bits per heavy atom. The summed E-state index contributed by atoms with van der Waals surface area (Å²) in [4.78, 5) is 9.81. The molecule has 0 atom stereocenters. The SMILES string of the molecule is CC[P+](C)(CC)CCOC.COCCOCCC(=O)[O-]. The second-order valence-corrected chi connectivity index (χ2v) is 9.65. The molecule has 0 heterocycles. The van der Waals surface area contributed by atoms with Crippen molar-refractivity contribution in [3.8, 4) is 0 Å². The largest absolute Gasteiger partial charge is 0.550 e. The highest BCUT2D eigenvalue weighted by atomic mass is 31.2. The lowest BCUT2D eigenvalue weighted by molar-refractivity contribution is -0.306. The van der Waals surface area contributed by atoms with Gasteiger partial charge in [0.1, 0.15) is 0 Å². The zero-order valence-corrected chi connectivity index (χ0v) is 14.5. The molecule has 0 saturated heterocycles. The zero-order valence-electron chi connectivity index (χ0n) is 13.6. The summed E-state index contributed by atoms with van der Waals surface area (Å²) >= 11 is 0. The fraction of sp³-hybridized carbons (Fsp3) is 0.929. The monoisotopic (exact) mass is 310 g/mol. The maximum Gasteiger partial charge on any atom is 0.0825 e. The average molecular weight is 310 g/mol. The minimum Gasteiger partial charge on any atom is -0.550 e. The first kappa shape index (κ1) is 22.1. The summed E-state index contributed by atoms with van der Waals surface area (Å²) in [5.41, 5.74) is 0. The van der Waals surface area contributed by atoms with Crippen molar-refractivity contribution in [2.75, 3.05) is 65.8 Å². The Morgan fingerprint density at radius 2 is 1.55 bits per heavy atom. The highest BCUT2D eigenvalue weighted by Gasteiger charge is 2.25. The van der Waals surface area contributed by atoms with E-state index < -0.39 is 13.2 Å². The van der Waals surface area contributed by atoms with Gasteiger partial charge in [-0.25, -0.2) is 0 Å². The van der Waals surface area contributed by atoms with E-state index in [1.165, 1.54) is 18.5 Å². The van der Waals surface area contributed by atoms with E-state index in [2.05, 4.69) is 25.2 Å². The number of hydrogen-bond acceptors (Lipinski definition) is 5. The van der Waals surface area contributed by atoms with Crippen molar-refractivity contribution in [3.05, 3.63) is 0 Å². The first-order valence-electron chi connectivity index (χ1n) is 7.04. The molecule has 122 valence electrons. The predicted octanol–water partition coefficient (Wildman–Crippen LogP) is 1.11. The van der Waals surface area contributed by atoms with Crippen molar-refractivity contribution in [1.29, 1.82) is 0 Å². The summed E-state index contributed by atoms with van der Waals surface area (Å²) < 4.78 is 14.6. The molecule has 5 nitrogen and oxygen atoms in total. The van der Waals surface area contributed by atoms with Gasteiger partial charge in [0.15, 0.2) is 0 Å². The second kappa shape index (κ2) is 15.2. The molecule has 0 bridgehead atoms.